The van der Waals surface area contributed by atoms with Crippen LogP contribution in [-0.2, 0) is 19.6 Å². The third-order valence-corrected chi connectivity index (χ3v) is 5.29. The summed E-state index contributed by atoms with van der Waals surface area (Å²) in [4.78, 5) is 23.1. The van der Waals surface area contributed by atoms with Gasteiger partial charge in [0.05, 0.1) is 18.3 Å². The number of hydrogen-bond acceptors (Lipinski definition) is 5. The van der Waals surface area contributed by atoms with Gasteiger partial charge in [-0.25, -0.2) is 12.7 Å². The summed E-state index contributed by atoms with van der Waals surface area (Å²) in [5.74, 6) is -0.573. The molecule has 0 radical (unpaired) electrons. The first-order valence-corrected chi connectivity index (χ1v) is 8.63. The van der Waals surface area contributed by atoms with Gasteiger partial charge in [0.2, 0.25) is 21.8 Å². The summed E-state index contributed by atoms with van der Waals surface area (Å²) in [5.41, 5.74) is 5.64. The third-order valence-electron chi connectivity index (χ3n) is 3.33. The van der Waals surface area contributed by atoms with Crippen LogP contribution in [0.15, 0.2) is 0 Å². The molecule has 1 saturated heterocycles. The van der Waals surface area contributed by atoms with E-state index in [9.17, 15) is 18.0 Å². The van der Waals surface area contributed by atoms with E-state index >= 15 is 0 Å². The molecule has 0 aromatic rings. The van der Waals surface area contributed by atoms with Crippen LogP contribution in [-0.4, -0.2) is 62.5 Å². The summed E-state index contributed by atoms with van der Waals surface area (Å²) in [7, 11) is -3.14. The minimum absolute atomic E-state index is 0.00608. The van der Waals surface area contributed by atoms with Crippen molar-refractivity contribution in [1.29, 1.82) is 0 Å². The molecule has 0 aromatic heterocycles. The molecule has 4 N–H and O–H groups in total. The van der Waals surface area contributed by atoms with Gasteiger partial charge < -0.3 is 16.4 Å². The Hall–Kier alpha value is -1.19. The normalized spacial score (nSPS) is 19.4. The number of amides is 2. The average molecular weight is 320 g/mol. The van der Waals surface area contributed by atoms with Gasteiger partial charge in [-0.2, -0.15) is 0 Å². The van der Waals surface area contributed by atoms with Crippen LogP contribution in [0.25, 0.3) is 0 Å². The molecule has 1 aliphatic heterocycles. The van der Waals surface area contributed by atoms with Gasteiger partial charge in [-0.1, -0.05) is 13.8 Å². The van der Waals surface area contributed by atoms with Crippen molar-refractivity contribution in [3.63, 3.8) is 0 Å². The second-order valence-electron chi connectivity index (χ2n) is 5.41. The molecule has 0 aliphatic carbocycles. The van der Waals surface area contributed by atoms with Gasteiger partial charge in [-0.3, -0.25) is 9.59 Å². The summed E-state index contributed by atoms with van der Waals surface area (Å²) in [6.07, 6.45) is 0.624. The molecule has 0 aromatic carbocycles. The minimum Gasteiger partial charge on any atom is -0.353 e. The number of hydrogen-bond donors (Lipinski definition) is 3. The fourth-order valence-corrected chi connectivity index (χ4v) is 3.44. The topological polar surface area (TPSA) is 122 Å². The zero-order valence-corrected chi connectivity index (χ0v) is 13.3. The van der Waals surface area contributed by atoms with Gasteiger partial charge in [-0.05, 0) is 12.3 Å². The number of rotatable bonds is 7. The Morgan fingerprint density at radius 2 is 1.95 bits per heavy atom. The molecule has 122 valence electrons. The van der Waals surface area contributed by atoms with E-state index < -0.39 is 16.1 Å². The third kappa shape index (κ3) is 5.60. The van der Waals surface area contributed by atoms with Crippen LogP contribution in [0.5, 0.6) is 0 Å². The fourth-order valence-electron chi connectivity index (χ4n) is 1.91. The predicted octanol–water partition coefficient (Wildman–Crippen LogP) is -1.76. The number of nitrogens with one attached hydrogen (secondary N) is 2. The molecule has 21 heavy (non-hydrogen) atoms. The number of carbonyl (C=O) groups is 2. The van der Waals surface area contributed by atoms with Crippen molar-refractivity contribution in [3.05, 3.63) is 0 Å². The van der Waals surface area contributed by atoms with Crippen molar-refractivity contribution < 1.29 is 18.0 Å². The van der Waals surface area contributed by atoms with Crippen molar-refractivity contribution in [3.8, 4) is 0 Å². The number of nitrogens with two attached hydrogens (primary N) is 1. The van der Waals surface area contributed by atoms with Gasteiger partial charge in [0.25, 0.3) is 0 Å². The Balaban J connectivity index is 2.22. The van der Waals surface area contributed by atoms with E-state index in [0.717, 1.165) is 0 Å². The van der Waals surface area contributed by atoms with Gasteiger partial charge in [-0.15, -0.1) is 0 Å². The second-order valence-corrected chi connectivity index (χ2v) is 7.49. The Bertz CT molecular complexity index is 478. The van der Waals surface area contributed by atoms with Gasteiger partial charge in [0.15, 0.2) is 0 Å². The molecular formula is C12H24N4O4S. The second kappa shape index (κ2) is 7.71. The maximum Gasteiger partial charge on any atom is 0.239 e. The Morgan fingerprint density at radius 1 is 1.29 bits per heavy atom. The summed E-state index contributed by atoms with van der Waals surface area (Å²) in [5, 5.41) is 5.02. The average Bonchev–Trinajstić information content (AvgIpc) is 2.74. The summed E-state index contributed by atoms with van der Waals surface area (Å²) >= 11 is 0. The Labute approximate surface area is 125 Å². The molecule has 1 fully saturated rings. The molecule has 8 nitrogen and oxygen atoms in total. The van der Waals surface area contributed by atoms with Crippen molar-refractivity contribution in [2.75, 3.05) is 31.9 Å². The van der Waals surface area contributed by atoms with Crippen LogP contribution in [0.1, 0.15) is 20.3 Å². The molecule has 9 heteroatoms. The smallest absolute Gasteiger partial charge is 0.239 e. The minimum atomic E-state index is -3.14. The highest BCUT2D eigenvalue weighted by molar-refractivity contribution is 7.89. The zero-order valence-electron chi connectivity index (χ0n) is 12.5. The van der Waals surface area contributed by atoms with Crippen LogP contribution < -0.4 is 16.4 Å². The van der Waals surface area contributed by atoms with Crippen LogP contribution in [0, 0.1) is 5.92 Å². The maximum atomic E-state index is 11.6. The monoisotopic (exact) mass is 320 g/mol. The van der Waals surface area contributed by atoms with Crippen LogP contribution >= 0.6 is 0 Å². The van der Waals surface area contributed by atoms with Crippen LogP contribution in [0.4, 0.5) is 0 Å². The SMILES string of the molecule is CC(C)[C@H](N)C(=O)NCC(=O)NCCN1CCCS1(=O)=O. The van der Waals surface area contributed by atoms with E-state index in [2.05, 4.69) is 10.6 Å². The number of sulfonamides is 1. The van der Waals surface area contributed by atoms with Crippen LogP contribution in [0.3, 0.4) is 0 Å². The quantitative estimate of drug-likeness (QED) is 0.513. The van der Waals surface area contributed by atoms with E-state index in [-0.39, 0.29) is 43.1 Å². The largest absolute Gasteiger partial charge is 0.353 e. The highest BCUT2D eigenvalue weighted by Crippen LogP contribution is 2.11. The molecule has 1 atom stereocenters. The van der Waals surface area contributed by atoms with Gasteiger partial charge >= 0.3 is 0 Å². The van der Waals surface area contributed by atoms with E-state index in [1.54, 1.807) is 0 Å². The molecular weight excluding hydrogens is 296 g/mol. The Morgan fingerprint density at radius 3 is 2.48 bits per heavy atom. The first-order valence-electron chi connectivity index (χ1n) is 7.02. The molecule has 0 unspecified atom stereocenters. The lowest BCUT2D eigenvalue weighted by Gasteiger charge is -2.16. The molecule has 1 heterocycles. The van der Waals surface area contributed by atoms with Crippen molar-refractivity contribution in [2.24, 2.45) is 11.7 Å². The van der Waals surface area contributed by atoms with E-state index in [0.29, 0.717) is 13.0 Å². The first-order chi connectivity index (χ1) is 9.74. The molecule has 0 spiro atoms. The lowest BCUT2D eigenvalue weighted by atomic mass is 10.1. The molecule has 1 rings (SSSR count). The Kier molecular flexibility index (Phi) is 6.56. The van der Waals surface area contributed by atoms with Crippen LogP contribution in [0.2, 0.25) is 0 Å². The lowest BCUT2D eigenvalue weighted by molar-refractivity contribution is -0.127. The molecule has 0 bridgehead atoms. The van der Waals surface area contributed by atoms with Gasteiger partial charge in [0, 0.05) is 19.6 Å². The van der Waals surface area contributed by atoms with Crippen molar-refractivity contribution in [1.82, 2.24) is 14.9 Å². The summed E-state index contributed by atoms with van der Waals surface area (Å²) in [6, 6.07) is -0.646. The van der Waals surface area contributed by atoms with E-state index in [1.165, 1.54) is 4.31 Å². The molecule has 0 saturated carbocycles. The highest BCUT2D eigenvalue weighted by atomic mass is 32.2. The standard InChI is InChI=1S/C12H24N4O4S/c1-9(2)11(13)12(18)15-8-10(17)14-4-6-16-5-3-7-21(16,19)20/h9,11H,3-8,13H2,1-2H3,(H,14,17)(H,15,18)/t11-/m0/s1. The summed E-state index contributed by atoms with van der Waals surface area (Å²) in [6.45, 7) is 4.46. The van der Waals surface area contributed by atoms with E-state index in [4.69, 9.17) is 5.73 Å². The van der Waals surface area contributed by atoms with Crippen molar-refractivity contribution in [2.45, 2.75) is 26.3 Å². The number of carbonyl (C=O) groups excluding carboxylic acids is 2. The lowest BCUT2D eigenvalue weighted by Crippen LogP contribution is -2.47. The first kappa shape index (κ1) is 17.9. The highest BCUT2D eigenvalue weighted by Gasteiger charge is 2.27. The van der Waals surface area contributed by atoms with Gasteiger partial charge in [0.1, 0.15) is 0 Å². The van der Waals surface area contributed by atoms with Crippen molar-refractivity contribution >= 4 is 21.8 Å². The maximum absolute atomic E-state index is 11.6. The summed E-state index contributed by atoms with van der Waals surface area (Å²) < 4.78 is 24.4. The zero-order chi connectivity index (χ0) is 16.0. The molecule has 1 aliphatic rings. The van der Waals surface area contributed by atoms with E-state index in [1.807, 2.05) is 13.8 Å². The predicted molar refractivity (Wildman–Crippen MR) is 78.8 cm³/mol. The number of nitrogens with zero attached hydrogens (tertiary/aromatic N) is 1. The fraction of sp³-hybridized carbons (Fsp3) is 0.833. The molecule has 2 amide bonds.